The summed E-state index contributed by atoms with van der Waals surface area (Å²) in [7, 11) is 0. The minimum atomic E-state index is 0.327. The van der Waals surface area contributed by atoms with E-state index in [4.69, 9.17) is 0 Å². The van der Waals surface area contributed by atoms with Crippen LogP contribution in [-0.4, -0.2) is 33.0 Å². The fraction of sp³-hybridized carbons (Fsp3) is 0.600. The molecule has 19 heavy (non-hydrogen) atoms. The predicted octanol–water partition coefficient (Wildman–Crippen LogP) is 3.07. The van der Waals surface area contributed by atoms with Crippen LogP contribution in [0, 0.1) is 5.92 Å². The van der Waals surface area contributed by atoms with Crippen molar-refractivity contribution in [3.8, 4) is 0 Å². The Hall–Kier alpha value is -1.42. The molecule has 1 aromatic heterocycles. The van der Waals surface area contributed by atoms with Crippen LogP contribution in [0.25, 0.3) is 11.0 Å². The summed E-state index contributed by atoms with van der Waals surface area (Å²) < 4.78 is 2.12. The number of likely N-dealkylation sites (tertiary alicyclic amines) is 1. The third-order valence-electron chi connectivity index (χ3n) is 3.99. The highest BCUT2D eigenvalue weighted by molar-refractivity contribution is 5.73. The molecule has 1 atom stereocenters. The van der Waals surface area contributed by atoms with Crippen molar-refractivity contribution >= 4 is 11.0 Å². The van der Waals surface area contributed by atoms with Crippen molar-refractivity contribution in [2.75, 3.05) is 13.1 Å². The monoisotopic (exact) mass is 258 g/mol. The van der Waals surface area contributed by atoms with Gasteiger partial charge in [0.15, 0.2) is 0 Å². The van der Waals surface area contributed by atoms with E-state index >= 15 is 0 Å². The van der Waals surface area contributed by atoms with E-state index in [1.54, 1.807) is 0 Å². The van der Waals surface area contributed by atoms with Crippen LogP contribution < -0.4 is 0 Å². The van der Waals surface area contributed by atoms with E-state index in [1.165, 1.54) is 32.4 Å². The molecule has 0 spiro atoms. The van der Waals surface area contributed by atoms with Crippen LogP contribution in [0.2, 0.25) is 0 Å². The molecule has 1 aliphatic rings. The minimum Gasteiger partial charge on any atom is -0.282 e. The van der Waals surface area contributed by atoms with Crippen LogP contribution in [0.1, 0.15) is 39.3 Å². The smallest absolute Gasteiger partial charge is 0.113 e. The molecule has 3 rings (SSSR count). The number of hydrogen-bond donors (Lipinski definition) is 0. The summed E-state index contributed by atoms with van der Waals surface area (Å²) in [4.78, 5) is 2.56. The highest BCUT2D eigenvalue weighted by Crippen LogP contribution is 2.28. The fourth-order valence-corrected chi connectivity index (χ4v) is 3.12. The van der Waals surface area contributed by atoms with Crippen molar-refractivity contribution in [2.24, 2.45) is 5.92 Å². The van der Waals surface area contributed by atoms with Gasteiger partial charge in [0.25, 0.3) is 0 Å². The van der Waals surface area contributed by atoms with Gasteiger partial charge in [0.2, 0.25) is 0 Å². The molecule has 1 fully saturated rings. The first-order valence-corrected chi connectivity index (χ1v) is 7.31. The van der Waals surface area contributed by atoms with Gasteiger partial charge in [0, 0.05) is 13.1 Å². The number of aromatic nitrogens is 3. The number of piperidine rings is 1. The Morgan fingerprint density at radius 2 is 1.79 bits per heavy atom. The molecule has 2 heterocycles. The average molecular weight is 258 g/mol. The zero-order valence-corrected chi connectivity index (χ0v) is 11.8. The lowest BCUT2D eigenvalue weighted by Crippen LogP contribution is -2.40. The van der Waals surface area contributed by atoms with E-state index in [0.29, 0.717) is 12.1 Å². The largest absolute Gasteiger partial charge is 0.282 e. The van der Waals surface area contributed by atoms with Crippen molar-refractivity contribution in [2.45, 2.75) is 39.3 Å². The summed E-state index contributed by atoms with van der Waals surface area (Å²) in [5.41, 5.74) is 2.14. The summed E-state index contributed by atoms with van der Waals surface area (Å²) >= 11 is 0. The summed E-state index contributed by atoms with van der Waals surface area (Å²) in [6, 6.07) is 8.24. The normalized spacial score (nSPS) is 19.1. The van der Waals surface area contributed by atoms with Gasteiger partial charge in [0.1, 0.15) is 11.7 Å². The molecule has 0 N–H and O–H groups in total. The number of benzene rings is 1. The Morgan fingerprint density at radius 1 is 1.05 bits per heavy atom. The lowest BCUT2D eigenvalue weighted by molar-refractivity contribution is 0.0686. The van der Waals surface area contributed by atoms with E-state index in [1.807, 2.05) is 12.1 Å². The van der Waals surface area contributed by atoms with Gasteiger partial charge in [-0.05, 0) is 30.9 Å². The zero-order chi connectivity index (χ0) is 13.2. The van der Waals surface area contributed by atoms with Gasteiger partial charge in [-0.25, -0.2) is 4.68 Å². The van der Waals surface area contributed by atoms with Crippen LogP contribution >= 0.6 is 0 Å². The standard InChI is InChI=1S/C15H22N4/c1-12(2)15(18-10-6-3-7-11-18)19-14-9-5-4-8-13(14)16-17-19/h4-5,8-9,12,15H,3,6-7,10-11H2,1-2H3. The van der Waals surface area contributed by atoms with Gasteiger partial charge in [-0.2, -0.15) is 0 Å². The Morgan fingerprint density at radius 3 is 2.53 bits per heavy atom. The van der Waals surface area contributed by atoms with Gasteiger partial charge in [-0.15, -0.1) is 5.10 Å². The van der Waals surface area contributed by atoms with E-state index in [2.05, 4.69) is 45.9 Å². The van der Waals surface area contributed by atoms with Gasteiger partial charge in [-0.3, -0.25) is 4.90 Å². The molecule has 4 nitrogen and oxygen atoms in total. The molecule has 1 unspecified atom stereocenters. The van der Waals surface area contributed by atoms with Crippen molar-refractivity contribution in [1.29, 1.82) is 0 Å². The Bertz CT molecular complexity index is 540. The van der Waals surface area contributed by atoms with Crippen molar-refractivity contribution in [1.82, 2.24) is 19.9 Å². The van der Waals surface area contributed by atoms with Crippen molar-refractivity contribution < 1.29 is 0 Å². The van der Waals surface area contributed by atoms with E-state index in [0.717, 1.165) is 11.0 Å². The molecule has 0 aliphatic carbocycles. The summed E-state index contributed by atoms with van der Waals surface area (Å²) in [5.74, 6) is 0.531. The topological polar surface area (TPSA) is 34.0 Å². The molecule has 0 bridgehead atoms. The van der Waals surface area contributed by atoms with Crippen LogP contribution in [0.4, 0.5) is 0 Å². The lowest BCUT2D eigenvalue weighted by Gasteiger charge is -2.36. The summed E-state index contributed by atoms with van der Waals surface area (Å²) in [6.07, 6.45) is 4.29. The molecule has 0 amide bonds. The van der Waals surface area contributed by atoms with Gasteiger partial charge < -0.3 is 0 Å². The van der Waals surface area contributed by atoms with Crippen LogP contribution in [0.5, 0.6) is 0 Å². The second kappa shape index (κ2) is 5.29. The number of rotatable bonds is 3. The van der Waals surface area contributed by atoms with Crippen LogP contribution in [0.15, 0.2) is 24.3 Å². The number of fused-ring (bicyclic) bond motifs is 1. The Labute approximate surface area is 114 Å². The zero-order valence-electron chi connectivity index (χ0n) is 11.8. The van der Waals surface area contributed by atoms with E-state index < -0.39 is 0 Å². The molecule has 1 aromatic carbocycles. The van der Waals surface area contributed by atoms with Gasteiger partial charge >= 0.3 is 0 Å². The summed E-state index contributed by atoms with van der Waals surface area (Å²) in [6.45, 7) is 6.90. The first-order valence-electron chi connectivity index (χ1n) is 7.31. The molecule has 4 heteroatoms. The number of para-hydroxylation sites is 1. The third kappa shape index (κ3) is 2.37. The quantitative estimate of drug-likeness (QED) is 0.848. The Balaban J connectivity index is 1.99. The third-order valence-corrected chi connectivity index (χ3v) is 3.99. The summed E-state index contributed by atoms with van der Waals surface area (Å²) in [5, 5.41) is 8.72. The molecule has 102 valence electrons. The molecule has 1 saturated heterocycles. The molecular formula is C15H22N4. The second-order valence-electron chi connectivity index (χ2n) is 5.78. The van der Waals surface area contributed by atoms with E-state index in [9.17, 15) is 0 Å². The van der Waals surface area contributed by atoms with Gasteiger partial charge in [0.05, 0.1) is 5.52 Å². The minimum absolute atomic E-state index is 0.327. The molecular weight excluding hydrogens is 236 g/mol. The first kappa shape index (κ1) is 12.6. The Kier molecular flexibility index (Phi) is 3.51. The lowest BCUT2D eigenvalue weighted by atomic mass is 10.1. The maximum atomic E-state index is 4.42. The molecule has 0 saturated carbocycles. The molecule has 1 aliphatic heterocycles. The molecule has 2 aromatic rings. The number of nitrogens with zero attached hydrogens (tertiary/aromatic N) is 4. The highest BCUT2D eigenvalue weighted by atomic mass is 15.5. The molecule has 0 radical (unpaired) electrons. The highest BCUT2D eigenvalue weighted by Gasteiger charge is 2.27. The number of hydrogen-bond acceptors (Lipinski definition) is 3. The average Bonchev–Trinajstić information content (AvgIpc) is 2.84. The fourth-order valence-electron chi connectivity index (χ4n) is 3.12. The maximum absolute atomic E-state index is 4.42. The first-order chi connectivity index (χ1) is 9.27. The van der Waals surface area contributed by atoms with E-state index in [-0.39, 0.29) is 0 Å². The van der Waals surface area contributed by atoms with Crippen LogP contribution in [0.3, 0.4) is 0 Å². The second-order valence-corrected chi connectivity index (χ2v) is 5.78. The van der Waals surface area contributed by atoms with Gasteiger partial charge in [-0.1, -0.05) is 37.6 Å². The van der Waals surface area contributed by atoms with Crippen molar-refractivity contribution in [3.63, 3.8) is 0 Å². The van der Waals surface area contributed by atoms with Crippen LogP contribution in [-0.2, 0) is 0 Å². The maximum Gasteiger partial charge on any atom is 0.113 e. The SMILES string of the molecule is CC(C)C(N1CCCCC1)n1nnc2ccccc21. The van der Waals surface area contributed by atoms with Crippen molar-refractivity contribution in [3.05, 3.63) is 24.3 Å². The predicted molar refractivity (Wildman–Crippen MR) is 76.8 cm³/mol.